The molecule has 3 rings (SSSR count). The Hall–Kier alpha value is -1.96. The largest absolute Gasteiger partial charge is 0.467 e. The number of hydrogen-bond acceptors (Lipinski definition) is 6. The third kappa shape index (κ3) is 4.90. The minimum absolute atomic E-state index is 0.129. The number of amides is 1. The van der Waals surface area contributed by atoms with Crippen molar-refractivity contribution < 1.29 is 9.21 Å². The fraction of sp³-hybridized carbons (Fsp3) is 0.650. The van der Waals surface area contributed by atoms with E-state index in [1.165, 1.54) is 18.2 Å². The number of nitrogens with zero attached hydrogens (tertiary/aromatic N) is 5. The number of rotatable bonds is 8. The summed E-state index contributed by atoms with van der Waals surface area (Å²) in [5, 5.41) is 9.69. The van der Waals surface area contributed by atoms with Gasteiger partial charge in [-0.1, -0.05) is 25.6 Å². The van der Waals surface area contributed by atoms with Crippen LogP contribution in [0.25, 0.3) is 0 Å². The lowest BCUT2D eigenvalue weighted by molar-refractivity contribution is -0.127. The van der Waals surface area contributed by atoms with Crippen LogP contribution < -0.4 is 4.90 Å². The standard InChI is InChI=1S/C20H31N5O2S/c1-5-23(6-2)18(26)14-28-20-22-21-19(24-11-15(3)10-16(4)12-24)25(20)13-17-8-7-9-27-17/h7-9,15-16H,5-6,10-14H2,1-4H3. The van der Waals surface area contributed by atoms with E-state index < -0.39 is 0 Å². The molecule has 0 aromatic carbocycles. The Morgan fingerprint density at radius 3 is 2.57 bits per heavy atom. The van der Waals surface area contributed by atoms with Crippen molar-refractivity contribution in [3.63, 3.8) is 0 Å². The van der Waals surface area contributed by atoms with E-state index in [4.69, 9.17) is 4.42 Å². The molecule has 0 saturated carbocycles. The van der Waals surface area contributed by atoms with E-state index in [0.29, 0.717) is 24.1 Å². The first-order valence-corrected chi connectivity index (χ1v) is 11.1. The van der Waals surface area contributed by atoms with Crippen LogP contribution in [0.1, 0.15) is 39.9 Å². The van der Waals surface area contributed by atoms with Gasteiger partial charge in [0.15, 0.2) is 5.16 Å². The van der Waals surface area contributed by atoms with Crippen LogP contribution in [0, 0.1) is 11.8 Å². The average molecular weight is 406 g/mol. The van der Waals surface area contributed by atoms with Gasteiger partial charge in [-0.15, -0.1) is 10.2 Å². The maximum absolute atomic E-state index is 12.4. The lowest BCUT2D eigenvalue weighted by atomic mass is 9.92. The molecule has 1 fully saturated rings. The lowest BCUT2D eigenvalue weighted by Gasteiger charge is -2.35. The topological polar surface area (TPSA) is 67.4 Å². The Morgan fingerprint density at radius 2 is 1.96 bits per heavy atom. The number of thioether (sulfide) groups is 1. The van der Waals surface area contributed by atoms with E-state index in [0.717, 1.165) is 43.0 Å². The van der Waals surface area contributed by atoms with Crippen molar-refractivity contribution in [3.05, 3.63) is 24.2 Å². The third-order valence-electron chi connectivity index (χ3n) is 5.18. The normalized spacial score (nSPS) is 19.8. The molecule has 7 nitrogen and oxygen atoms in total. The number of aromatic nitrogens is 3. The molecule has 0 bridgehead atoms. The number of anilines is 1. The quantitative estimate of drug-likeness (QED) is 0.628. The van der Waals surface area contributed by atoms with Gasteiger partial charge in [-0.05, 0) is 44.2 Å². The smallest absolute Gasteiger partial charge is 0.233 e. The number of piperidine rings is 1. The zero-order chi connectivity index (χ0) is 20.1. The van der Waals surface area contributed by atoms with Crippen LogP contribution in [-0.2, 0) is 11.3 Å². The first-order valence-electron chi connectivity index (χ1n) is 10.1. The fourth-order valence-electron chi connectivity index (χ4n) is 3.94. The molecular weight excluding hydrogens is 374 g/mol. The van der Waals surface area contributed by atoms with Crippen molar-refractivity contribution in [1.82, 2.24) is 19.7 Å². The van der Waals surface area contributed by atoms with E-state index in [9.17, 15) is 4.79 Å². The van der Waals surface area contributed by atoms with Crippen LogP contribution in [0.2, 0.25) is 0 Å². The lowest BCUT2D eigenvalue weighted by Crippen LogP contribution is -2.40. The number of furan rings is 1. The molecule has 1 aliphatic heterocycles. The molecular formula is C20H31N5O2S. The molecule has 2 unspecified atom stereocenters. The Balaban J connectivity index is 1.81. The Morgan fingerprint density at radius 1 is 1.25 bits per heavy atom. The van der Waals surface area contributed by atoms with E-state index in [1.807, 2.05) is 30.9 Å². The summed E-state index contributed by atoms with van der Waals surface area (Å²) in [6, 6.07) is 3.85. The second-order valence-corrected chi connectivity index (χ2v) is 8.60. The highest BCUT2D eigenvalue weighted by molar-refractivity contribution is 7.99. The Labute approximate surface area is 171 Å². The van der Waals surface area contributed by atoms with Crippen molar-refractivity contribution in [2.75, 3.05) is 36.8 Å². The van der Waals surface area contributed by atoms with Gasteiger partial charge in [-0.25, -0.2) is 0 Å². The molecule has 1 saturated heterocycles. The predicted molar refractivity (Wildman–Crippen MR) is 112 cm³/mol. The Kier molecular flexibility index (Phi) is 7.04. The summed E-state index contributed by atoms with van der Waals surface area (Å²) in [6.07, 6.45) is 2.92. The Bertz CT molecular complexity index is 747. The van der Waals surface area contributed by atoms with Crippen molar-refractivity contribution in [2.45, 2.75) is 45.8 Å². The minimum atomic E-state index is 0.129. The van der Waals surface area contributed by atoms with E-state index in [2.05, 4.69) is 33.5 Å². The maximum Gasteiger partial charge on any atom is 0.233 e. The summed E-state index contributed by atoms with van der Waals surface area (Å²) in [7, 11) is 0. The van der Waals surface area contributed by atoms with Crippen molar-refractivity contribution >= 4 is 23.6 Å². The minimum Gasteiger partial charge on any atom is -0.467 e. The van der Waals surface area contributed by atoms with Gasteiger partial charge in [0.2, 0.25) is 11.9 Å². The summed E-state index contributed by atoms with van der Waals surface area (Å²) in [5.74, 6) is 3.47. The van der Waals surface area contributed by atoms with Crippen molar-refractivity contribution in [1.29, 1.82) is 0 Å². The fourth-order valence-corrected chi connectivity index (χ4v) is 4.77. The van der Waals surface area contributed by atoms with Crippen LogP contribution in [-0.4, -0.2) is 57.5 Å². The first kappa shape index (κ1) is 20.8. The van der Waals surface area contributed by atoms with E-state index in [1.54, 1.807) is 6.26 Å². The van der Waals surface area contributed by atoms with Gasteiger partial charge in [0.25, 0.3) is 0 Å². The third-order valence-corrected chi connectivity index (χ3v) is 6.14. The molecule has 3 heterocycles. The molecule has 154 valence electrons. The van der Waals surface area contributed by atoms with Gasteiger partial charge < -0.3 is 14.2 Å². The monoisotopic (exact) mass is 405 g/mol. The van der Waals surface area contributed by atoms with Crippen molar-refractivity contribution in [2.24, 2.45) is 11.8 Å². The van der Waals surface area contributed by atoms with Gasteiger partial charge in [0.1, 0.15) is 5.76 Å². The summed E-state index contributed by atoms with van der Waals surface area (Å²) < 4.78 is 7.65. The SMILES string of the molecule is CCN(CC)C(=O)CSc1nnc(N2CC(C)CC(C)C2)n1Cc1ccco1. The summed E-state index contributed by atoms with van der Waals surface area (Å²) in [4.78, 5) is 16.6. The molecule has 0 aliphatic carbocycles. The zero-order valence-corrected chi connectivity index (χ0v) is 18.1. The van der Waals surface area contributed by atoms with E-state index in [-0.39, 0.29) is 5.91 Å². The van der Waals surface area contributed by atoms with Gasteiger partial charge in [-0.2, -0.15) is 0 Å². The van der Waals surface area contributed by atoms with Crippen LogP contribution in [0.5, 0.6) is 0 Å². The number of carbonyl (C=O) groups excluding carboxylic acids is 1. The van der Waals surface area contributed by atoms with Crippen LogP contribution >= 0.6 is 11.8 Å². The predicted octanol–water partition coefficient (Wildman–Crippen LogP) is 3.36. The molecule has 0 radical (unpaired) electrons. The van der Waals surface area contributed by atoms with Gasteiger partial charge in [-0.3, -0.25) is 9.36 Å². The maximum atomic E-state index is 12.4. The molecule has 28 heavy (non-hydrogen) atoms. The summed E-state index contributed by atoms with van der Waals surface area (Å²) in [5.41, 5.74) is 0. The van der Waals surface area contributed by atoms with Gasteiger partial charge in [0.05, 0.1) is 18.6 Å². The number of carbonyl (C=O) groups is 1. The zero-order valence-electron chi connectivity index (χ0n) is 17.3. The molecule has 0 spiro atoms. The average Bonchev–Trinajstić information content (AvgIpc) is 3.30. The highest BCUT2D eigenvalue weighted by Crippen LogP contribution is 2.29. The highest BCUT2D eigenvalue weighted by atomic mass is 32.2. The summed E-state index contributed by atoms with van der Waals surface area (Å²) in [6.45, 7) is 12.5. The van der Waals surface area contributed by atoms with Crippen LogP contribution in [0.15, 0.2) is 28.0 Å². The van der Waals surface area contributed by atoms with Gasteiger partial charge >= 0.3 is 0 Å². The van der Waals surface area contributed by atoms with Gasteiger partial charge in [0, 0.05) is 26.2 Å². The molecule has 2 atom stereocenters. The highest BCUT2D eigenvalue weighted by Gasteiger charge is 2.27. The summed E-state index contributed by atoms with van der Waals surface area (Å²) >= 11 is 1.45. The first-order chi connectivity index (χ1) is 13.5. The van der Waals surface area contributed by atoms with Crippen LogP contribution in [0.3, 0.4) is 0 Å². The second-order valence-electron chi connectivity index (χ2n) is 7.65. The second kappa shape index (κ2) is 9.49. The van der Waals surface area contributed by atoms with E-state index >= 15 is 0 Å². The molecule has 2 aromatic rings. The molecule has 1 amide bonds. The molecule has 0 N–H and O–H groups in total. The molecule has 2 aromatic heterocycles. The number of hydrogen-bond donors (Lipinski definition) is 0. The van der Waals surface area contributed by atoms with Crippen LogP contribution in [0.4, 0.5) is 5.95 Å². The molecule has 1 aliphatic rings. The molecule has 8 heteroatoms. The van der Waals surface area contributed by atoms with Crippen molar-refractivity contribution in [3.8, 4) is 0 Å².